The van der Waals surface area contributed by atoms with Crippen LogP contribution in [0.4, 0.5) is 10.1 Å². The zero-order valence-electron chi connectivity index (χ0n) is 20.0. The molecule has 0 bridgehead atoms. The molecule has 0 aliphatic carbocycles. The van der Waals surface area contributed by atoms with E-state index in [0.717, 1.165) is 18.5 Å². The van der Waals surface area contributed by atoms with Gasteiger partial charge in [-0.15, -0.1) is 0 Å². The van der Waals surface area contributed by atoms with E-state index in [1.165, 1.54) is 19.4 Å². The zero-order valence-corrected chi connectivity index (χ0v) is 20.0. The summed E-state index contributed by atoms with van der Waals surface area (Å²) in [6.45, 7) is 2.98. The van der Waals surface area contributed by atoms with Crippen molar-refractivity contribution in [2.24, 2.45) is 5.41 Å². The number of aldehydes is 1. The van der Waals surface area contributed by atoms with Crippen molar-refractivity contribution in [3.63, 3.8) is 0 Å². The predicted octanol–water partition coefficient (Wildman–Crippen LogP) is 3.01. The number of hydrogen-bond acceptors (Lipinski definition) is 8. The average Bonchev–Trinajstić information content (AvgIpc) is 2.92. The van der Waals surface area contributed by atoms with Gasteiger partial charge in [0.2, 0.25) is 5.91 Å². The van der Waals surface area contributed by atoms with Crippen LogP contribution in [0, 0.1) is 11.2 Å². The van der Waals surface area contributed by atoms with Gasteiger partial charge in [0.05, 0.1) is 19.0 Å². The van der Waals surface area contributed by atoms with Crippen LogP contribution in [0.1, 0.15) is 18.5 Å². The van der Waals surface area contributed by atoms with Crippen LogP contribution in [-0.2, 0) is 16.0 Å². The minimum absolute atomic E-state index is 0.122. The van der Waals surface area contributed by atoms with Crippen LogP contribution >= 0.6 is 0 Å². The molecule has 1 N–H and O–H groups in total. The molecule has 1 saturated heterocycles. The van der Waals surface area contributed by atoms with E-state index in [0.29, 0.717) is 73.9 Å². The highest BCUT2D eigenvalue weighted by atomic mass is 19.1. The lowest BCUT2D eigenvalue weighted by Gasteiger charge is -2.37. The summed E-state index contributed by atoms with van der Waals surface area (Å²) in [7, 11) is 1.44. The van der Waals surface area contributed by atoms with Crippen molar-refractivity contribution in [1.29, 1.82) is 0 Å². The summed E-state index contributed by atoms with van der Waals surface area (Å²) in [5.74, 6) is 0.734. The Balaban J connectivity index is 1.23. The van der Waals surface area contributed by atoms with E-state index >= 15 is 0 Å². The number of carbonyl (C=O) groups is 2. The van der Waals surface area contributed by atoms with Crippen molar-refractivity contribution in [3.8, 4) is 17.2 Å². The number of nitrogens with zero attached hydrogens (tertiary/aromatic N) is 3. The number of fused-ring (bicyclic) bond motifs is 2. The highest BCUT2D eigenvalue weighted by molar-refractivity contribution is 6.08. The Morgan fingerprint density at radius 1 is 1.19 bits per heavy atom. The van der Waals surface area contributed by atoms with Crippen LogP contribution in [0.3, 0.4) is 0 Å². The summed E-state index contributed by atoms with van der Waals surface area (Å²) < 4.78 is 30.7. The maximum absolute atomic E-state index is 14.4. The molecule has 3 aromatic rings. The number of methoxy groups -OCH3 is 1. The van der Waals surface area contributed by atoms with Crippen molar-refractivity contribution in [2.45, 2.75) is 19.3 Å². The summed E-state index contributed by atoms with van der Waals surface area (Å²) in [6, 6.07) is 6.35. The number of piperidine rings is 1. The second kappa shape index (κ2) is 10.1. The van der Waals surface area contributed by atoms with Crippen molar-refractivity contribution in [2.75, 3.05) is 45.3 Å². The van der Waals surface area contributed by atoms with Gasteiger partial charge >= 0.3 is 0 Å². The molecule has 1 fully saturated rings. The molecular formula is C26H27FN4O5. The molecule has 9 nitrogen and oxygen atoms in total. The molecule has 1 aromatic carbocycles. The molecule has 0 saturated carbocycles. The van der Waals surface area contributed by atoms with E-state index in [-0.39, 0.29) is 5.52 Å². The quantitative estimate of drug-likeness (QED) is 0.395. The van der Waals surface area contributed by atoms with Crippen LogP contribution in [-0.4, -0.2) is 67.0 Å². The molecule has 0 atom stereocenters. The van der Waals surface area contributed by atoms with Crippen molar-refractivity contribution in [1.82, 2.24) is 14.9 Å². The van der Waals surface area contributed by atoms with E-state index in [1.807, 2.05) is 6.07 Å². The average molecular weight is 495 g/mol. The second-order valence-corrected chi connectivity index (χ2v) is 9.00. The van der Waals surface area contributed by atoms with Crippen LogP contribution in [0.2, 0.25) is 0 Å². The number of anilines is 1. The van der Waals surface area contributed by atoms with Gasteiger partial charge in [-0.05, 0) is 38.1 Å². The molecule has 10 heteroatoms. The first kappa shape index (κ1) is 23.9. The largest absolute Gasteiger partial charge is 0.497 e. The number of hydrogen-bond donors (Lipinski definition) is 1. The fourth-order valence-corrected chi connectivity index (χ4v) is 4.63. The molecule has 2 aromatic heterocycles. The summed E-state index contributed by atoms with van der Waals surface area (Å²) in [6.07, 6.45) is 5.34. The van der Waals surface area contributed by atoms with Crippen molar-refractivity contribution >= 4 is 28.8 Å². The predicted molar refractivity (Wildman–Crippen MR) is 130 cm³/mol. The number of halogens is 1. The SMILES string of the molecule is COc1cc(F)c2nccc(NC(=O)C3(C=O)CCN(CCc4cc5c(cn4)OCCO5)CC3)c2c1. The molecule has 188 valence electrons. The zero-order chi connectivity index (χ0) is 25.1. The third-order valence-electron chi connectivity index (χ3n) is 6.85. The van der Waals surface area contributed by atoms with Crippen LogP contribution in [0.15, 0.2) is 36.7 Å². The van der Waals surface area contributed by atoms with Gasteiger partial charge in [0.15, 0.2) is 17.3 Å². The summed E-state index contributed by atoms with van der Waals surface area (Å²) in [5.41, 5.74) is 0.252. The van der Waals surface area contributed by atoms with Gasteiger partial charge in [0, 0.05) is 42.4 Å². The number of likely N-dealkylation sites (tertiary alicyclic amines) is 1. The minimum atomic E-state index is -1.15. The highest BCUT2D eigenvalue weighted by Gasteiger charge is 2.41. The summed E-state index contributed by atoms with van der Waals surface area (Å²) in [5, 5.41) is 3.25. The topological polar surface area (TPSA) is 103 Å². The lowest BCUT2D eigenvalue weighted by Crippen LogP contribution is -2.48. The highest BCUT2D eigenvalue weighted by Crippen LogP contribution is 2.34. The van der Waals surface area contributed by atoms with Gasteiger partial charge < -0.3 is 29.2 Å². The first-order valence-corrected chi connectivity index (χ1v) is 11.9. The normalized spacial score (nSPS) is 16.9. The summed E-state index contributed by atoms with van der Waals surface area (Å²) >= 11 is 0. The van der Waals surface area contributed by atoms with Gasteiger partial charge in [-0.2, -0.15) is 0 Å². The minimum Gasteiger partial charge on any atom is -0.497 e. The van der Waals surface area contributed by atoms with E-state index in [9.17, 15) is 14.0 Å². The number of pyridine rings is 2. The monoisotopic (exact) mass is 494 g/mol. The number of ether oxygens (including phenoxy) is 3. The van der Waals surface area contributed by atoms with Gasteiger partial charge in [0.25, 0.3) is 0 Å². The smallest absolute Gasteiger partial charge is 0.237 e. The number of amides is 1. The van der Waals surface area contributed by atoms with Crippen LogP contribution in [0.25, 0.3) is 10.9 Å². The molecule has 5 rings (SSSR count). The number of benzene rings is 1. The Morgan fingerprint density at radius 2 is 1.97 bits per heavy atom. The van der Waals surface area contributed by atoms with Gasteiger partial charge in [0.1, 0.15) is 36.2 Å². The Morgan fingerprint density at radius 3 is 2.72 bits per heavy atom. The van der Waals surface area contributed by atoms with Gasteiger partial charge in [-0.3, -0.25) is 14.8 Å². The Labute approximate surface area is 207 Å². The van der Waals surface area contributed by atoms with Crippen LogP contribution < -0.4 is 19.5 Å². The molecule has 0 spiro atoms. The molecule has 2 aliphatic heterocycles. The van der Waals surface area contributed by atoms with E-state index in [2.05, 4.69) is 20.2 Å². The number of carbonyl (C=O) groups excluding carboxylic acids is 2. The van der Waals surface area contributed by atoms with E-state index in [1.54, 1.807) is 18.3 Å². The molecule has 0 unspecified atom stereocenters. The molecular weight excluding hydrogens is 467 g/mol. The number of nitrogens with one attached hydrogen (secondary N) is 1. The Hall–Kier alpha value is -3.79. The molecule has 4 heterocycles. The molecule has 2 aliphatic rings. The molecule has 36 heavy (non-hydrogen) atoms. The van der Waals surface area contributed by atoms with Crippen LogP contribution in [0.5, 0.6) is 17.2 Å². The third kappa shape index (κ3) is 4.68. The lowest BCUT2D eigenvalue weighted by molar-refractivity contribution is -0.135. The lowest BCUT2D eigenvalue weighted by atomic mass is 9.78. The standard InChI is InChI=1S/C26H27FN4O5/c1-34-18-13-19-21(2-6-28-24(19)20(27)14-18)30-25(33)26(16-32)4-8-31(9-5-26)7-3-17-12-22-23(15-29-17)36-11-10-35-22/h2,6,12-16H,3-5,7-11H2,1H3,(H,28,30,33). The number of rotatable bonds is 7. The maximum atomic E-state index is 14.4. The fourth-order valence-electron chi connectivity index (χ4n) is 4.63. The van der Waals surface area contributed by atoms with Crippen molar-refractivity contribution in [3.05, 3.63) is 48.2 Å². The first-order valence-electron chi connectivity index (χ1n) is 11.9. The Kier molecular flexibility index (Phi) is 6.69. The fraction of sp³-hybridized carbons (Fsp3) is 0.385. The summed E-state index contributed by atoms with van der Waals surface area (Å²) in [4.78, 5) is 36.2. The third-order valence-corrected chi connectivity index (χ3v) is 6.85. The number of aromatic nitrogens is 2. The Bertz CT molecular complexity index is 1290. The van der Waals surface area contributed by atoms with Gasteiger partial charge in [-0.1, -0.05) is 0 Å². The van der Waals surface area contributed by atoms with E-state index < -0.39 is 17.1 Å². The van der Waals surface area contributed by atoms with Gasteiger partial charge in [-0.25, -0.2) is 4.39 Å². The van der Waals surface area contributed by atoms with Crippen molar-refractivity contribution < 1.29 is 28.2 Å². The molecule has 1 amide bonds. The maximum Gasteiger partial charge on any atom is 0.237 e. The van der Waals surface area contributed by atoms with E-state index in [4.69, 9.17) is 14.2 Å². The second-order valence-electron chi connectivity index (χ2n) is 9.00. The molecule has 0 radical (unpaired) electrons. The first-order chi connectivity index (χ1) is 17.5.